The predicted molar refractivity (Wildman–Crippen MR) is 111 cm³/mol. The lowest BCUT2D eigenvalue weighted by atomic mass is 9.46. The summed E-state index contributed by atoms with van der Waals surface area (Å²) in [5.74, 6) is 1.39. The normalized spacial score (nSPS) is 32.4. The minimum atomic E-state index is -0.283. The monoisotopic (exact) mass is 394 g/mol. The smallest absolute Gasteiger partial charge is 0.226 e. The molecule has 1 aromatic carbocycles. The van der Waals surface area contributed by atoms with Crippen LogP contribution in [0.3, 0.4) is 0 Å². The summed E-state index contributed by atoms with van der Waals surface area (Å²) in [5.41, 5.74) is 1.71. The van der Waals surface area contributed by atoms with Crippen LogP contribution in [0.25, 0.3) is 11.0 Å². The van der Waals surface area contributed by atoms with Gasteiger partial charge in [0, 0.05) is 25.6 Å². The van der Waals surface area contributed by atoms with Gasteiger partial charge in [0.05, 0.1) is 22.8 Å². The number of para-hydroxylation sites is 2. The Kier molecular flexibility index (Phi) is 4.41. The summed E-state index contributed by atoms with van der Waals surface area (Å²) in [6.45, 7) is 3.12. The molecular weight excluding hydrogens is 364 g/mol. The van der Waals surface area contributed by atoms with Gasteiger partial charge in [-0.05, 0) is 68.9 Å². The lowest BCUT2D eigenvalue weighted by molar-refractivity contribution is -0.153. The fraction of sp³-hybridized carbons (Fsp3) is 0.609. The molecule has 154 valence electrons. The van der Waals surface area contributed by atoms with E-state index in [4.69, 9.17) is 0 Å². The van der Waals surface area contributed by atoms with Crippen molar-refractivity contribution in [2.75, 3.05) is 6.54 Å². The maximum atomic E-state index is 13.3. The molecule has 2 aromatic rings. The molecule has 4 bridgehead atoms. The van der Waals surface area contributed by atoms with E-state index in [1.807, 2.05) is 24.5 Å². The highest BCUT2D eigenvalue weighted by Gasteiger charge is 2.60. The summed E-state index contributed by atoms with van der Waals surface area (Å²) in [4.78, 5) is 29.5. The first-order chi connectivity index (χ1) is 14.0. The van der Waals surface area contributed by atoms with Crippen LogP contribution in [-0.2, 0) is 16.1 Å². The van der Waals surface area contributed by atoms with Gasteiger partial charge in [0.1, 0.15) is 0 Å². The zero-order chi connectivity index (χ0) is 20.1. The van der Waals surface area contributed by atoms with Crippen LogP contribution >= 0.6 is 0 Å². The van der Waals surface area contributed by atoms with Crippen molar-refractivity contribution in [2.24, 2.45) is 17.3 Å². The van der Waals surface area contributed by atoms with Gasteiger partial charge in [0.25, 0.3) is 0 Å². The van der Waals surface area contributed by atoms with E-state index in [1.165, 1.54) is 6.42 Å². The zero-order valence-corrected chi connectivity index (χ0v) is 17.1. The van der Waals surface area contributed by atoms with Crippen molar-refractivity contribution >= 4 is 22.8 Å². The van der Waals surface area contributed by atoms with Crippen molar-refractivity contribution in [3.8, 4) is 0 Å². The number of hydrogen-bond acceptors (Lipinski definition) is 3. The highest BCUT2D eigenvalue weighted by atomic mass is 16.2. The summed E-state index contributed by atoms with van der Waals surface area (Å²) in [6, 6.07) is 8.13. The molecule has 0 aliphatic heterocycles. The first-order valence-corrected chi connectivity index (χ1v) is 10.9. The maximum Gasteiger partial charge on any atom is 0.226 e. The summed E-state index contributed by atoms with van der Waals surface area (Å²) in [7, 11) is 0. The number of aromatic nitrogens is 2. The lowest BCUT2D eigenvalue weighted by Gasteiger charge is -2.61. The van der Waals surface area contributed by atoms with Crippen molar-refractivity contribution in [2.45, 2.75) is 64.0 Å². The third-order valence-electron chi connectivity index (χ3n) is 7.37. The number of carbonyl (C=O) groups excluding carboxylic acids is 2. The number of benzene rings is 1. The second kappa shape index (κ2) is 6.85. The molecule has 1 heterocycles. The molecule has 6 heteroatoms. The van der Waals surface area contributed by atoms with E-state index in [0.29, 0.717) is 18.4 Å². The molecular formula is C23H30N4O2. The van der Waals surface area contributed by atoms with Gasteiger partial charge in [-0.25, -0.2) is 4.98 Å². The van der Waals surface area contributed by atoms with Crippen molar-refractivity contribution in [3.63, 3.8) is 0 Å². The first kappa shape index (κ1) is 18.6. The summed E-state index contributed by atoms with van der Waals surface area (Å²) in [6.07, 6.45) is 8.87. The highest BCUT2D eigenvalue weighted by molar-refractivity contribution is 5.84. The Morgan fingerprint density at radius 2 is 1.93 bits per heavy atom. The van der Waals surface area contributed by atoms with E-state index in [2.05, 4.69) is 26.3 Å². The van der Waals surface area contributed by atoms with Crippen molar-refractivity contribution < 1.29 is 9.59 Å². The van der Waals surface area contributed by atoms with Gasteiger partial charge in [-0.2, -0.15) is 0 Å². The predicted octanol–water partition coefficient (Wildman–Crippen LogP) is 3.02. The molecule has 4 saturated carbocycles. The van der Waals surface area contributed by atoms with E-state index in [0.717, 1.165) is 56.1 Å². The molecule has 1 aromatic heterocycles. The average Bonchev–Trinajstić information content (AvgIpc) is 3.06. The number of nitrogens with zero attached hydrogens (tertiary/aromatic N) is 2. The number of rotatable bonds is 6. The average molecular weight is 395 g/mol. The number of amides is 2. The molecule has 4 aliphatic rings. The summed E-state index contributed by atoms with van der Waals surface area (Å²) < 4.78 is 2.15. The van der Waals surface area contributed by atoms with Crippen molar-refractivity contribution in [1.82, 2.24) is 20.2 Å². The molecule has 6 nitrogen and oxygen atoms in total. The third-order valence-corrected chi connectivity index (χ3v) is 7.37. The Labute approximate surface area is 171 Å². The Bertz CT molecular complexity index is 935. The molecule has 2 atom stereocenters. The molecule has 0 radical (unpaired) electrons. The summed E-state index contributed by atoms with van der Waals surface area (Å²) in [5, 5.41) is 6.48. The molecule has 4 aliphatic carbocycles. The lowest BCUT2D eigenvalue weighted by Crippen LogP contribution is -2.65. The second-order valence-corrected chi connectivity index (χ2v) is 9.74. The van der Waals surface area contributed by atoms with Crippen LogP contribution in [0.4, 0.5) is 0 Å². The van der Waals surface area contributed by atoms with E-state index >= 15 is 0 Å². The van der Waals surface area contributed by atoms with Crippen LogP contribution in [0.2, 0.25) is 0 Å². The van der Waals surface area contributed by atoms with Gasteiger partial charge < -0.3 is 15.2 Å². The maximum absolute atomic E-state index is 13.3. The van der Waals surface area contributed by atoms with Gasteiger partial charge >= 0.3 is 0 Å². The number of fused-ring (bicyclic) bond motifs is 1. The Hall–Kier alpha value is -2.37. The van der Waals surface area contributed by atoms with Crippen LogP contribution in [0.15, 0.2) is 30.6 Å². The number of imidazole rings is 1. The van der Waals surface area contributed by atoms with Crippen LogP contribution in [0.1, 0.15) is 51.9 Å². The van der Waals surface area contributed by atoms with E-state index in [9.17, 15) is 9.59 Å². The van der Waals surface area contributed by atoms with E-state index in [1.54, 1.807) is 6.92 Å². The molecule has 0 saturated heterocycles. The van der Waals surface area contributed by atoms with Crippen LogP contribution in [0.5, 0.6) is 0 Å². The molecule has 2 N–H and O–H groups in total. The fourth-order valence-electron chi connectivity index (χ4n) is 6.88. The van der Waals surface area contributed by atoms with Crippen molar-refractivity contribution in [1.29, 1.82) is 0 Å². The molecule has 2 amide bonds. The summed E-state index contributed by atoms with van der Waals surface area (Å²) >= 11 is 0. The number of aryl methyl sites for hydroxylation is 1. The Balaban J connectivity index is 1.21. The topological polar surface area (TPSA) is 76.0 Å². The van der Waals surface area contributed by atoms with Gasteiger partial charge in [-0.15, -0.1) is 0 Å². The molecule has 6 rings (SSSR count). The van der Waals surface area contributed by atoms with Gasteiger partial charge in [0.15, 0.2) is 0 Å². The molecule has 4 fully saturated rings. The van der Waals surface area contributed by atoms with E-state index < -0.39 is 0 Å². The third kappa shape index (κ3) is 3.32. The Morgan fingerprint density at radius 1 is 1.17 bits per heavy atom. The highest BCUT2D eigenvalue weighted by Crippen LogP contribution is 2.61. The minimum absolute atomic E-state index is 0.0371. The van der Waals surface area contributed by atoms with Gasteiger partial charge in [-0.3, -0.25) is 9.59 Å². The quantitative estimate of drug-likeness (QED) is 0.740. The molecule has 2 unspecified atom stereocenters. The van der Waals surface area contributed by atoms with E-state index in [-0.39, 0.29) is 22.8 Å². The largest absolute Gasteiger partial charge is 0.356 e. The van der Waals surface area contributed by atoms with Crippen LogP contribution in [0, 0.1) is 17.3 Å². The number of nitrogens with one attached hydrogen (secondary N) is 2. The fourth-order valence-corrected chi connectivity index (χ4v) is 6.88. The molecule has 29 heavy (non-hydrogen) atoms. The van der Waals surface area contributed by atoms with Crippen LogP contribution < -0.4 is 10.6 Å². The second-order valence-electron chi connectivity index (χ2n) is 9.74. The van der Waals surface area contributed by atoms with Crippen molar-refractivity contribution in [3.05, 3.63) is 30.6 Å². The standard InChI is InChI=1S/C23H30N4O2/c1-16(28)26-23-12-17-9-18(13-23)11-22(10-17,14-23)21(29)24-7-4-8-27-15-25-19-5-2-3-6-20(19)27/h2-3,5-6,15,17-18H,4,7-14H2,1H3,(H,24,29)(H,26,28). The minimum Gasteiger partial charge on any atom is -0.356 e. The Morgan fingerprint density at radius 3 is 2.69 bits per heavy atom. The zero-order valence-electron chi connectivity index (χ0n) is 17.1. The van der Waals surface area contributed by atoms with Crippen LogP contribution in [-0.4, -0.2) is 33.4 Å². The molecule has 0 spiro atoms. The van der Waals surface area contributed by atoms with Gasteiger partial charge in [-0.1, -0.05) is 12.1 Å². The first-order valence-electron chi connectivity index (χ1n) is 10.9. The van der Waals surface area contributed by atoms with Gasteiger partial charge in [0.2, 0.25) is 11.8 Å². The SMILES string of the molecule is CC(=O)NC12CC3CC(C1)CC(C(=O)NCCCn1cnc4ccccc41)(C3)C2. The number of carbonyl (C=O) groups is 2. The number of hydrogen-bond donors (Lipinski definition) is 2.